The fourth-order valence-electron chi connectivity index (χ4n) is 17.4. The van der Waals surface area contributed by atoms with Crippen LogP contribution in [-0.2, 0) is 121 Å². The van der Waals surface area contributed by atoms with Crippen LogP contribution in [0.25, 0.3) is 31.3 Å². The molecule has 37 nitrogen and oxygen atoms in total. The van der Waals surface area contributed by atoms with Crippen molar-refractivity contribution in [2.45, 2.75) is 305 Å². The first-order chi connectivity index (χ1) is 58.0. The second kappa shape index (κ2) is 43.5. The van der Waals surface area contributed by atoms with Crippen LogP contribution in [0, 0.1) is 35.5 Å². The first kappa shape index (κ1) is 92.9. The van der Waals surface area contributed by atoms with Gasteiger partial charge in [0.1, 0.15) is 85.5 Å². The maximum absolute atomic E-state index is 12.7. The molecule has 0 aliphatic carbocycles. The smallest absolute Gasteiger partial charge is 0.186 e. The van der Waals surface area contributed by atoms with Crippen molar-refractivity contribution >= 4 is 0 Å². The van der Waals surface area contributed by atoms with E-state index in [9.17, 15) is 57.4 Å². The van der Waals surface area contributed by atoms with Crippen LogP contribution in [0.15, 0.2) is 137 Å². The summed E-state index contributed by atoms with van der Waals surface area (Å²) in [5.41, 5.74) is 33.8. The molecule has 8 fully saturated rings. The summed E-state index contributed by atoms with van der Waals surface area (Å²) in [6.45, 7) is 15.2. The van der Waals surface area contributed by atoms with Crippen molar-refractivity contribution in [3.8, 4) is 0 Å². The summed E-state index contributed by atoms with van der Waals surface area (Å²) in [4.78, 5) is 9.52. The molecule has 17 unspecified atom stereocenters. The molecule has 120 heavy (non-hydrogen) atoms. The number of azide groups is 3. The normalized spacial score (nSPS) is 42.4. The van der Waals surface area contributed by atoms with Crippen molar-refractivity contribution in [1.29, 1.82) is 0 Å². The lowest BCUT2D eigenvalue weighted by Gasteiger charge is -2.51. The Hall–Kier alpha value is -6.31. The van der Waals surface area contributed by atoms with Crippen molar-refractivity contribution in [2.75, 3.05) is 33.5 Å². The molecule has 0 amide bonds. The molecule has 4 aromatic carbocycles. The zero-order valence-electron chi connectivity index (χ0n) is 69.1. The second-order valence-corrected chi connectivity index (χ2v) is 32.4. The maximum Gasteiger partial charge on any atom is 0.186 e. The van der Waals surface area contributed by atoms with E-state index in [1.54, 1.807) is 53.7 Å². The van der Waals surface area contributed by atoms with E-state index in [0.717, 1.165) is 11.1 Å². The van der Waals surface area contributed by atoms with Gasteiger partial charge < -0.3 is 136 Å². The number of aliphatic hydroxyl groups excluding tert-OH is 8. The van der Waals surface area contributed by atoms with Crippen LogP contribution in [0.4, 0.5) is 0 Å². The summed E-state index contributed by atoms with van der Waals surface area (Å²) in [5, 5.41) is 106. The molecule has 40 atom stereocenters. The number of hydrogen-bond acceptors (Lipinski definition) is 31. The molecule has 4 aromatic rings. The summed E-state index contributed by atoms with van der Waals surface area (Å²) in [5.74, 6) is -3.31. The highest BCUT2D eigenvalue weighted by atomic mass is 16.8. The lowest BCUT2D eigenvalue weighted by molar-refractivity contribution is -0.382. The Morgan fingerprint density at radius 2 is 0.525 bits per heavy atom. The van der Waals surface area contributed by atoms with E-state index in [4.69, 9.17) is 94.7 Å². The Bertz CT molecular complexity index is 3920. The Balaban J connectivity index is 0.738. The summed E-state index contributed by atoms with van der Waals surface area (Å²) < 4.78 is 130. The predicted molar refractivity (Wildman–Crippen MR) is 419 cm³/mol. The summed E-state index contributed by atoms with van der Waals surface area (Å²) in [6.07, 6.45) is -37.8. The summed E-state index contributed by atoms with van der Waals surface area (Å²) in [6, 6.07) is 33.2. The van der Waals surface area contributed by atoms with E-state index in [1.165, 1.54) is 7.11 Å². The number of rotatable bonds is 34. The Kier molecular flexibility index (Phi) is 33.7. The standard InChI is InChI=1S/C83H117N9O28/c1-40-41(2)76(101-11)110-54(32-93)65(40)114-81-62(98)73(103-37-51-26-18-13-19-27-51)70(47(8)107-81)118-78-59(88-91-85)44(5)67(56(34-95)112-78)116-83-64(100)75(105-39-53-30-22-15-23-31-53)72(49(10)109-83)120-79-60(89-92-86)45(6)68(57(35-96)113-79)117-82-63(99)74(104-38-52-28-20-14-21-29-52)71(48(9)108-82)119-77-58(87-90-84)43(4)66(55(33-94)111-77)115-80-61(97)69(42(3)46(7)106-80)102-36-50-24-16-12-17-25-50/h12-31,40-49,54-83,93-100H,32-39H2,1-11H3/t40-,41?,42-,43-,44-,45-,46?,47?,48?,49?,54?,55?,56?,57?,58?,59?,60?,61?,62?,63?,64?,65+,66+,67+,68+,69-,70+,71?,72+,73+,74+,75+,76+,77+,78+,79+,80+,81+,82+,83+/m1/s1. The van der Waals surface area contributed by atoms with E-state index in [1.807, 2.05) is 137 Å². The first-order valence-electron chi connectivity index (χ1n) is 41.2. The predicted octanol–water partition coefficient (Wildman–Crippen LogP) is 6.82. The molecule has 8 N–H and O–H groups in total. The van der Waals surface area contributed by atoms with Gasteiger partial charge in [-0.3, -0.25) is 0 Å². The van der Waals surface area contributed by atoms with Gasteiger partial charge in [0.25, 0.3) is 0 Å². The van der Waals surface area contributed by atoms with E-state index in [2.05, 4.69) is 30.1 Å². The van der Waals surface area contributed by atoms with Crippen molar-refractivity contribution in [1.82, 2.24) is 0 Å². The van der Waals surface area contributed by atoms with Gasteiger partial charge >= 0.3 is 0 Å². The third-order valence-electron chi connectivity index (χ3n) is 24.6. The van der Waals surface area contributed by atoms with Gasteiger partial charge in [0, 0.05) is 33.7 Å². The number of benzene rings is 4. The molecule has 8 aliphatic rings. The van der Waals surface area contributed by atoms with Crippen LogP contribution in [0.2, 0.25) is 0 Å². The van der Waals surface area contributed by atoms with Gasteiger partial charge in [-0.1, -0.05) is 178 Å². The molecule has 8 heterocycles. The van der Waals surface area contributed by atoms with Gasteiger partial charge in [0.15, 0.2) is 50.3 Å². The quantitative estimate of drug-likeness (QED) is 0.0135. The largest absolute Gasteiger partial charge is 0.394 e. The molecule has 8 aliphatic heterocycles. The van der Waals surface area contributed by atoms with Gasteiger partial charge in [0.05, 0.1) is 126 Å². The Morgan fingerprint density at radius 3 is 0.792 bits per heavy atom. The molecular weight excluding hydrogens is 1570 g/mol. The minimum atomic E-state index is -1.74. The Morgan fingerprint density at radius 1 is 0.283 bits per heavy atom. The van der Waals surface area contributed by atoms with Gasteiger partial charge in [-0.15, -0.1) is 0 Å². The van der Waals surface area contributed by atoms with Crippen LogP contribution in [-0.4, -0.2) is 283 Å². The SMILES string of the molecule is CO[C@H]1OC(CO)[C@@H](O[C@@H]2OC(C)[C@H](O[C@@H]3OC(CO)[C@@H](O[C@@H]4OC(C)[C@H](O[C@@H]5OC(CO)[C@@H](O[C@@H]6OC(C)C(O[C@@H]7OC(CO)[C@@H](O[C@@H]8OC(C)[C@@H](C)[C@@H](OCc9ccccc9)C8O)[C@H](C)C7N=[N+]=[N-])[C@@H](OCc7ccccc7)C6O)[C@H](C)C5N=[N+]=[N-])[C@@H](OCc5ccccc5)C4O)[C@H](C)C3N=[N+]=[N-])[C@@H](OCc3ccccc3)C2O)[C@H](C)C1C. The Labute approximate surface area is 696 Å². The highest BCUT2D eigenvalue weighted by Crippen LogP contribution is 2.45. The number of nitrogens with zero attached hydrogens (tertiary/aromatic N) is 9. The number of ether oxygens (including phenoxy) is 20. The van der Waals surface area contributed by atoms with E-state index >= 15 is 0 Å². The molecule has 8 saturated heterocycles. The summed E-state index contributed by atoms with van der Waals surface area (Å²) in [7, 11) is 1.52. The van der Waals surface area contributed by atoms with E-state index in [-0.39, 0.29) is 44.2 Å². The van der Waals surface area contributed by atoms with E-state index in [0.29, 0.717) is 11.1 Å². The van der Waals surface area contributed by atoms with Crippen molar-refractivity contribution in [3.05, 3.63) is 175 Å². The van der Waals surface area contributed by atoms with E-state index < -0.39 is 253 Å². The molecule has 662 valence electrons. The fourth-order valence-corrected chi connectivity index (χ4v) is 17.4. The lowest BCUT2D eigenvalue weighted by Crippen LogP contribution is -2.66. The summed E-state index contributed by atoms with van der Waals surface area (Å²) >= 11 is 0. The number of aliphatic hydroxyl groups is 8. The van der Waals surface area contributed by atoms with Crippen LogP contribution in [0.1, 0.15) is 91.5 Å². The average molecular weight is 1690 g/mol. The molecular formula is C83H117N9O28. The average Bonchev–Trinajstić information content (AvgIpc) is 0.769. The molecule has 0 spiro atoms. The van der Waals surface area contributed by atoms with Gasteiger partial charge in [-0.05, 0) is 90.2 Å². The molecule has 0 bridgehead atoms. The first-order valence-corrected chi connectivity index (χ1v) is 41.2. The van der Waals surface area contributed by atoms with Crippen LogP contribution in [0.3, 0.4) is 0 Å². The minimum absolute atomic E-state index is 0.00304. The molecule has 0 aromatic heterocycles. The van der Waals surface area contributed by atoms with Crippen LogP contribution < -0.4 is 0 Å². The minimum Gasteiger partial charge on any atom is -0.394 e. The maximum atomic E-state index is 12.7. The molecule has 0 saturated carbocycles. The highest BCUT2D eigenvalue weighted by molar-refractivity contribution is 5.17. The molecule has 0 radical (unpaired) electrons. The van der Waals surface area contributed by atoms with Gasteiger partial charge in [-0.2, -0.15) is 0 Å². The van der Waals surface area contributed by atoms with Crippen molar-refractivity contribution in [3.63, 3.8) is 0 Å². The lowest BCUT2D eigenvalue weighted by atomic mass is 9.84. The van der Waals surface area contributed by atoms with Gasteiger partial charge in [0.2, 0.25) is 0 Å². The zero-order valence-corrected chi connectivity index (χ0v) is 69.1. The fraction of sp³-hybridized carbons (Fsp3) is 0.711. The molecule has 12 rings (SSSR count). The van der Waals surface area contributed by atoms with Crippen LogP contribution in [0.5, 0.6) is 0 Å². The molecule has 37 heteroatoms. The highest BCUT2D eigenvalue weighted by Gasteiger charge is 2.59. The third-order valence-corrected chi connectivity index (χ3v) is 24.6. The topological polar surface area (TPSA) is 493 Å². The van der Waals surface area contributed by atoms with Crippen molar-refractivity contribution < 1.29 is 136 Å². The van der Waals surface area contributed by atoms with Crippen LogP contribution >= 0.6 is 0 Å². The van der Waals surface area contributed by atoms with Crippen molar-refractivity contribution in [2.24, 2.45) is 50.9 Å². The monoisotopic (exact) mass is 1690 g/mol. The second-order valence-electron chi connectivity index (χ2n) is 32.4. The zero-order chi connectivity index (χ0) is 85.6. The third kappa shape index (κ3) is 21.4. The van der Waals surface area contributed by atoms with Gasteiger partial charge in [-0.25, -0.2) is 0 Å². The number of methoxy groups -OCH3 is 1. The number of hydrogen-bond donors (Lipinski definition) is 8.